The van der Waals surface area contributed by atoms with Gasteiger partial charge in [-0.15, -0.1) is 0 Å². The van der Waals surface area contributed by atoms with Crippen LogP contribution in [0.4, 0.5) is 0 Å². The van der Waals surface area contributed by atoms with Crippen LogP contribution < -0.4 is 0 Å². The van der Waals surface area contributed by atoms with Gasteiger partial charge >= 0.3 is 5.97 Å². The number of ether oxygens (including phenoxy) is 1. The number of nitrogens with zero attached hydrogens (tertiary/aromatic N) is 1. The number of hydrogen-bond acceptors (Lipinski definition) is 3. The molecule has 1 amide bonds. The Labute approximate surface area is 130 Å². The van der Waals surface area contributed by atoms with Crippen LogP contribution in [0.1, 0.15) is 51.9 Å². The number of piperidine rings is 1. The molecule has 0 N–H and O–H groups in total. The fourth-order valence-corrected chi connectivity index (χ4v) is 2.80. The second-order valence-corrected chi connectivity index (χ2v) is 5.93. The van der Waals surface area contributed by atoms with Gasteiger partial charge in [0.25, 0.3) is 0 Å². The molecular formula is C15H26BrNO3. The number of likely N-dealkylation sites (tertiary alicyclic amines) is 1. The van der Waals surface area contributed by atoms with Gasteiger partial charge in [-0.1, -0.05) is 48.5 Å². The maximum Gasteiger partial charge on any atom is 0.309 e. The third kappa shape index (κ3) is 6.25. The van der Waals surface area contributed by atoms with Gasteiger partial charge in [0.2, 0.25) is 5.91 Å². The molecule has 0 bridgehead atoms. The van der Waals surface area contributed by atoms with Gasteiger partial charge < -0.3 is 9.64 Å². The lowest BCUT2D eigenvalue weighted by Gasteiger charge is -2.30. The number of alkyl halides is 1. The second kappa shape index (κ2) is 10.2. The zero-order valence-corrected chi connectivity index (χ0v) is 14.0. The van der Waals surface area contributed by atoms with Crippen LogP contribution in [0.2, 0.25) is 0 Å². The first-order valence-electron chi connectivity index (χ1n) is 7.69. The van der Waals surface area contributed by atoms with E-state index in [1.54, 1.807) is 0 Å². The van der Waals surface area contributed by atoms with E-state index in [1.165, 1.54) is 19.3 Å². The summed E-state index contributed by atoms with van der Waals surface area (Å²) < 4.78 is 5.33. The quantitative estimate of drug-likeness (QED) is 0.385. The van der Waals surface area contributed by atoms with Gasteiger partial charge in [-0.3, -0.25) is 9.59 Å². The number of carbonyl (C=O) groups excluding carboxylic acids is 2. The molecule has 20 heavy (non-hydrogen) atoms. The molecule has 0 spiro atoms. The fraction of sp³-hybridized carbons (Fsp3) is 0.867. The number of amides is 1. The van der Waals surface area contributed by atoms with Crippen molar-refractivity contribution in [2.75, 3.05) is 25.0 Å². The van der Waals surface area contributed by atoms with Crippen molar-refractivity contribution in [3.8, 4) is 0 Å². The summed E-state index contributed by atoms with van der Waals surface area (Å²) >= 11 is 3.17. The highest BCUT2D eigenvalue weighted by molar-refractivity contribution is 9.09. The van der Waals surface area contributed by atoms with E-state index in [0.717, 1.165) is 25.7 Å². The molecule has 0 aromatic heterocycles. The number of halogens is 1. The van der Waals surface area contributed by atoms with Crippen molar-refractivity contribution in [3.05, 3.63) is 0 Å². The van der Waals surface area contributed by atoms with Crippen LogP contribution in [0.5, 0.6) is 0 Å². The van der Waals surface area contributed by atoms with Crippen LogP contribution >= 0.6 is 15.9 Å². The highest BCUT2D eigenvalue weighted by atomic mass is 79.9. The zero-order chi connectivity index (χ0) is 14.8. The highest BCUT2D eigenvalue weighted by Gasteiger charge is 2.27. The largest absolute Gasteiger partial charge is 0.465 e. The average Bonchev–Trinajstić information content (AvgIpc) is 2.50. The minimum Gasteiger partial charge on any atom is -0.465 e. The van der Waals surface area contributed by atoms with Crippen molar-refractivity contribution in [3.63, 3.8) is 0 Å². The predicted octanol–water partition coefficient (Wildman–Crippen LogP) is 3.13. The van der Waals surface area contributed by atoms with Crippen LogP contribution in [0.3, 0.4) is 0 Å². The lowest BCUT2D eigenvalue weighted by molar-refractivity contribution is -0.151. The minimum atomic E-state index is -0.0774. The molecule has 0 radical (unpaired) electrons. The van der Waals surface area contributed by atoms with Gasteiger partial charge in [0, 0.05) is 13.1 Å². The van der Waals surface area contributed by atoms with E-state index in [2.05, 4.69) is 22.9 Å². The van der Waals surface area contributed by atoms with Gasteiger partial charge in [-0.2, -0.15) is 0 Å². The number of esters is 1. The molecule has 1 heterocycles. The van der Waals surface area contributed by atoms with E-state index in [1.807, 2.05) is 4.90 Å². The van der Waals surface area contributed by atoms with E-state index < -0.39 is 0 Å². The van der Waals surface area contributed by atoms with Gasteiger partial charge in [0.1, 0.15) is 0 Å². The fourth-order valence-electron chi connectivity index (χ4n) is 2.45. The van der Waals surface area contributed by atoms with Crippen molar-refractivity contribution in [1.29, 1.82) is 0 Å². The summed E-state index contributed by atoms with van der Waals surface area (Å²) in [6.45, 7) is 4.07. The number of unbranched alkanes of at least 4 members (excludes halogenated alkanes) is 4. The van der Waals surface area contributed by atoms with Crippen molar-refractivity contribution >= 4 is 27.8 Å². The summed E-state index contributed by atoms with van der Waals surface area (Å²) in [7, 11) is 0. The SMILES string of the molecule is CCCCCCCOC(=O)C1CCN(C(=O)CBr)CC1. The molecule has 0 aliphatic carbocycles. The number of rotatable bonds is 8. The summed E-state index contributed by atoms with van der Waals surface area (Å²) in [5.74, 6) is 0.00388. The van der Waals surface area contributed by atoms with Crippen molar-refractivity contribution in [1.82, 2.24) is 4.90 Å². The molecule has 1 rings (SSSR count). The maximum atomic E-state index is 11.9. The summed E-state index contributed by atoms with van der Waals surface area (Å²) in [4.78, 5) is 25.2. The van der Waals surface area contributed by atoms with E-state index in [-0.39, 0.29) is 17.8 Å². The maximum absolute atomic E-state index is 11.9. The molecule has 0 unspecified atom stereocenters. The lowest BCUT2D eigenvalue weighted by Crippen LogP contribution is -2.41. The summed E-state index contributed by atoms with van der Waals surface area (Å²) in [5.41, 5.74) is 0. The normalized spacial score (nSPS) is 16.2. The molecule has 4 nitrogen and oxygen atoms in total. The third-order valence-electron chi connectivity index (χ3n) is 3.79. The van der Waals surface area contributed by atoms with Gasteiger partial charge in [0.05, 0.1) is 17.9 Å². The Morgan fingerprint density at radius 3 is 2.40 bits per heavy atom. The Balaban J connectivity index is 2.11. The molecular weight excluding hydrogens is 322 g/mol. The Bertz CT molecular complexity index is 301. The molecule has 116 valence electrons. The molecule has 0 aromatic rings. The van der Waals surface area contributed by atoms with Gasteiger partial charge in [-0.05, 0) is 19.3 Å². The van der Waals surface area contributed by atoms with Crippen molar-refractivity contribution in [2.24, 2.45) is 5.92 Å². The average molecular weight is 348 g/mol. The first kappa shape index (κ1) is 17.5. The summed E-state index contributed by atoms with van der Waals surface area (Å²) in [6.07, 6.45) is 7.27. The number of hydrogen-bond donors (Lipinski definition) is 0. The van der Waals surface area contributed by atoms with Crippen molar-refractivity contribution in [2.45, 2.75) is 51.9 Å². The zero-order valence-electron chi connectivity index (χ0n) is 12.4. The molecule has 0 atom stereocenters. The monoisotopic (exact) mass is 347 g/mol. The molecule has 1 aliphatic heterocycles. The van der Waals surface area contributed by atoms with Gasteiger partial charge in [0.15, 0.2) is 0 Å². The predicted molar refractivity (Wildman–Crippen MR) is 82.8 cm³/mol. The van der Waals surface area contributed by atoms with Crippen molar-refractivity contribution < 1.29 is 14.3 Å². The van der Waals surface area contributed by atoms with E-state index >= 15 is 0 Å². The topological polar surface area (TPSA) is 46.6 Å². The lowest BCUT2D eigenvalue weighted by atomic mass is 9.97. The third-order valence-corrected chi connectivity index (χ3v) is 4.27. The highest BCUT2D eigenvalue weighted by Crippen LogP contribution is 2.19. The Hall–Kier alpha value is -0.580. The summed E-state index contributed by atoms with van der Waals surface area (Å²) in [6, 6.07) is 0. The van der Waals surface area contributed by atoms with E-state index in [9.17, 15) is 9.59 Å². The summed E-state index contributed by atoms with van der Waals surface area (Å²) in [5, 5.41) is 0.361. The molecule has 5 heteroatoms. The molecule has 1 fully saturated rings. The smallest absolute Gasteiger partial charge is 0.309 e. The van der Waals surface area contributed by atoms with Gasteiger partial charge in [-0.25, -0.2) is 0 Å². The van der Waals surface area contributed by atoms with Crippen LogP contribution in [0.15, 0.2) is 0 Å². The molecule has 0 aromatic carbocycles. The van der Waals surface area contributed by atoms with Crippen LogP contribution in [-0.2, 0) is 14.3 Å². The van der Waals surface area contributed by atoms with Crippen LogP contribution in [0.25, 0.3) is 0 Å². The Kier molecular flexibility index (Phi) is 8.90. The Morgan fingerprint density at radius 1 is 1.15 bits per heavy atom. The van der Waals surface area contributed by atoms with E-state index in [4.69, 9.17) is 4.74 Å². The standard InChI is InChI=1S/C15H26BrNO3/c1-2-3-4-5-6-11-20-15(19)13-7-9-17(10-8-13)14(18)12-16/h13H,2-12H2,1H3. The number of carbonyl (C=O) groups is 2. The second-order valence-electron chi connectivity index (χ2n) is 5.37. The van der Waals surface area contributed by atoms with Crippen LogP contribution in [0, 0.1) is 5.92 Å². The van der Waals surface area contributed by atoms with Crippen LogP contribution in [-0.4, -0.2) is 41.8 Å². The molecule has 1 saturated heterocycles. The first-order chi connectivity index (χ1) is 9.69. The van der Waals surface area contributed by atoms with E-state index in [0.29, 0.717) is 25.0 Å². The molecule has 1 aliphatic rings. The Morgan fingerprint density at radius 2 is 1.80 bits per heavy atom. The molecule has 0 saturated carbocycles. The first-order valence-corrected chi connectivity index (χ1v) is 8.81. The minimum absolute atomic E-state index is 0.0231.